The summed E-state index contributed by atoms with van der Waals surface area (Å²) in [6, 6.07) is 8.61. The van der Waals surface area contributed by atoms with Gasteiger partial charge in [-0.3, -0.25) is 0 Å². The van der Waals surface area contributed by atoms with Crippen molar-refractivity contribution in [3.05, 3.63) is 46.5 Å². The molecule has 0 N–H and O–H groups in total. The van der Waals surface area contributed by atoms with E-state index < -0.39 is 0 Å². The van der Waals surface area contributed by atoms with Gasteiger partial charge in [0.15, 0.2) is 5.82 Å². The van der Waals surface area contributed by atoms with E-state index in [1.54, 1.807) is 11.3 Å². The van der Waals surface area contributed by atoms with Crippen LogP contribution in [0.1, 0.15) is 29.6 Å². The van der Waals surface area contributed by atoms with Crippen LogP contribution in [-0.2, 0) is 0 Å². The first-order valence-electron chi connectivity index (χ1n) is 7.38. The number of anilines is 1. The predicted molar refractivity (Wildman–Crippen MR) is 85.9 cm³/mol. The molecule has 0 saturated carbocycles. The van der Waals surface area contributed by atoms with Gasteiger partial charge in [0.25, 0.3) is 5.89 Å². The van der Waals surface area contributed by atoms with E-state index >= 15 is 0 Å². The smallest absolute Gasteiger partial charge is 0.261 e. The summed E-state index contributed by atoms with van der Waals surface area (Å²) in [5.74, 6) is 2.11. The first-order chi connectivity index (χ1) is 10.8. The molecule has 4 rings (SSSR count). The summed E-state index contributed by atoms with van der Waals surface area (Å²) in [6.07, 6.45) is 4.15. The van der Waals surface area contributed by atoms with Crippen LogP contribution in [0.4, 0.5) is 5.82 Å². The number of nitrogens with zero attached hydrogens (tertiary/aromatic N) is 4. The van der Waals surface area contributed by atoms with Crippen molar-refractivity contribution in [2.24, 2.45) is 0 Å². The van der Waals surface area contributed by atoms with Gasteiger partial charge in [-0.2, -0.15) is 4.98 Å². The van der Waals surface area contributed by atoms with Crippen LogP contribution in [0.3, 0.4) is 0 Å². The normalized spacial score (nSPS) is 18.0. The molecule has 1 atom stereocenters. The van der Waals surface area contributed by atoms with Crippen LogP contribution < -0.4 is 4.90 Å². The van der Waals surface area contributed by atoms with E-state index in [0.29, 0.717) is 17.8 Å². The molecule has 1 aliphatic heterocycles. The van der Waals surface area contributed by atoms with E-state index in [2.05, 4.69) is 37.5 Å². The third-order valence-electron chi connectivity index (χ3n) is 3.94. The summed E-state index contributed by atoms with van der Waals surface area (Å²) >= 11 is 1.80. The van der Waals surface area contributed by atoms with Gasteiger partial charge in [-0.05, 0) is 43.3 Å². The maximum Gasteiger partial charge on any atom is 0.261 e. The van der Waals surface area contributed by atoms with Gasteiger partial charge in [-0.15, -0.1) is 11.3 Å². The Morgan fingerprint density at radius 1 is 1.32 bits per heavy atom. The highest BCUT2D eigenvalue weighted by atomic mass is 32.1. The summed E-state index contributed by atoms with van der Waals surface area (Å²) in [5, 5.41) is 6.03. The molecule has 4 heterocycles. The molecule has 0 spiro atoms. The highest BCUT2D eigenvalue weighted by Crippen LogP contribution is 2.40. The van der Waals surface area contributed by atoms with Gasteiger partial charge in [0.1, 0.15) is 5.82 Å². The van der Waals surface area contributed by atoms with Crippen molar-refractivity contribution in [2.45, 2.75) is 25.8 Å². The molecule has 5 nitrogen and oxygen atoms in total. The lowest BCUT2D eigenvalue weighted by molar-refractivity contribution is 0.425. The van der Waals surface area contributed by atoms with Crippen molar-refractivity contribution in [3.8, 4) is 11.5 Å². The largest absolute Gasteiger partial charge is 0.348 e. The quantitative estimate of drug-likeness (QED) is 0.735. The van der Waals surface area contributed by atoms with Crippen molar-refractivity contribution < 1.29 is 4.52 Å². The Kier molecular flexibility index (Phi) is 3.38. The summed E-state index contributed by atoms with van der Waals surface area (Å²) in [4.78, 5) is 12.7. The lowest BCUT2D eigenvalue weighted by Gasteiger charge is -2.26. The molecular formula is C16H16N4OS. The fourth-order valence-corrected chi connectivity index (χ4v) is 3.87. The molecule has 3 aromatic heterocycles. The molecule has 6 heteroatoms. The van der Waals surface area contributed by atoms with Crippen LogP contribution in [0, 0.1) is 6.92 Å². The Morgan fingerprint density at radius 3 is 3.05 bits per heavy atom. The van der Waals surface area contributed by atoms with Crippen LogP contribution in [0.25, 0.3) is 11.5 Å². The average molecular weight is 312 g/mol. The molecule has 1 aliphatic rings. The topological polar surface area (TPSA) is 55.1 Å². The third-order valence-corrected chi connectivity index (χ3v) is 4.91. The van der Waals surface area contributed by atoms with E-state index in [1.807, 2.05) is 25.3 Å². The lowest BCUT2D eigenvalue weighted by Crippen LogP contribution is -2.23. The first kappa shape index (κ1) is 13.5. The molecular weight excluding hydrogens is 296 g/mol. The van der Waals surface area contributed by atoms with E-state index in [4.69, 9.17) is 4.52 Å². The Hall–Kier alpha value is -2.21. The minimum atomic E-state index is 0.387. The molecule has 0 unspecified atom stereocenters. The maximum atomic E-state index is 5.35. The Labute approximate surface area is 132 Å². The average Bonchev–Trinajstić information content (AvgIpc) is 3.28. The SMILES string of the molecule is Cc1noc(-c2cccnc2N2CCC[C@@H]2c2cccs2)n1. The van der Waals surface area contributed by atoms with Crippen LogP contribution in [0.15, 0.2) is 40.4 Å². The van der Waals surface area contributed by atoms with Crippen molar-refractivity contribution in [1.29, 1.82) is 0 Å². The van der Waals surface area contributed by atoms with Gasteiger partial charge in [0.05, 0.1) is 11.6 Å². The number of pyridine rings is 1. The zero-order valence-electron chi connectivity index (χ0n) is 12.3. The second-order valence-corrected chi connectivity index (χ2v) is 6.37. The van der Waals surface area contributed by atoms with Gasteiger partial charge in [-0.1, -0.05) is 11.2 Å². The number of hydrogen-bond acceptors (Lipinski definition) is 6. The predicted octanol–water partition coefficient (Wildman–Crippen LogP) is 3.84. The zero-order chi connectivity index (χ0) is 14.9. The van der Waals surface area contributed by atoms with E-state index in [1.165, 1.54) is 11.3 Å². The molecule has 0 aliphatic carbocycles. The zero-order valence-corrected chi connectivity index (χ0v) is 13.1. The maximum absolute atomic E-state index is 5.35. The number of hydrogen-bond donors (Lipinski definition) is 0. The fraction of sp³-hybridized carbons (Fsp3) is 0.312. The van der Waals surface area contributed by atoms with Crippen molar-refractivity contribution in [2.75, 3.05) is 11.4 Å². The van der Waals surface area contributed by atoms with E-state index in [0.717, 1.165) is 24.3 Å². The number of aromatic nitrogens is 3. The van der Waals surface area contributed by atoms with Crippen molar-refractivity contribution in [1.82, 2.24) is 15.1 Å². The molecule has 0 amide bonds. The van der Waals surface area contributed by atoms with Crippen LogP contribution in [-0.4, -0.2) is 21.7 Å². The molecule has 1 saturated heterocycles. The number of thiophene rings is 1. The molecule has 0 aromatic carbocycles. The first-order valence-corrected chi connectivity index (χ1v) is 8.26. The molecule has 112 valence electrons. The Morgan fingerprint density at radius 2 is 2.27 bits per heavy atom. The van der Waals surface area contributed by atoms with Gasteiger partial charge in [-0.25, -0.2) is 4.98 Å². The van der Waals surface area contributed by atoms with Crippen LogP contribution >= 0.6 is 11.3 Å². The fourth-order valence-electron chi connectivity index (χ4n) is 3.00. The summed E-state index contributed by atoms with van der Waals surface area (Å²) < 4.78 is 5.35. The second-order valence-electron chi connectivity index (χ2n) is 5.39. The molecule has 3 aromatic rings. The van der Waals surface area contributed by atoms with Crippen molar-refractivity contribution >= 4 is 17.2 Å². The van der Waals surface area contributed by atoms with Crippen LogP contribution in [0.2, 0.25) is 0 Å². The summed E-state index contributed by atoms with van der Waals surface area (Å²) in [6.45, 7) is 2.83. The molecule has 0 bridgehead atoms. The van der Waals surface area contributed by atoms with Gasteiger partial charge in [0.2, 0.25) is 0 Å². The number of rotatable bonds is 3. The van der Waals surface area contributed by atoms with Crippen molar-refractivity contribution in [3.63, 3.8) is 0 Å². The van der Waals surface area contributed by atoms with Gasteiger partial charge < -0.3 is 9.42 Å². The highest BCUT2D eigenvalue weighted by molar-refractivity contribution is 7.10. The molecule has 22 heavy (non-hydrogen) atoms. The second kappa shape index (κ2) is 5.53. The molecule has 1 fully saturated rings. The van der Waals surface area contributed by atoms with E-state index in [-0.39, 0.29) is 0 Å². The summed E-state index contributed by atoms with van der Waals surface area (Å²) in [5.41, 5.74) is 0.909. The number of aryl methyl sites for hydroxylation is 1. The van der Waals surface area contributed by atoms with Gasteiger partial charge in [0, 0.05) is 17.6 Å². The third kappa shape index (κ3) is 2.29. The van der Waals surface area contributed by atoms with Crippen LogP contribution in [0.5, 0.6) is 0 Å². The minimum absolute atomic E-state index is 0.387. The summed E-state index contributed by atoms with van der Waals surface area (Å²) in [7, 11) is 0. The minimum Gasteiger partial charge on any atom is -0.348 e. The standard InChI is InChI=1S/C16H16N4OS/c1-11-18-16(21-19-11)12-5-2-8-17-15(12)20-9-3-6-13(20)14-7-4-10-22-14/h2,4-5,7-8,10,13H,3,6,9H2,1H3/t13-/m1/s1. The lowest BCUT2D eigenvalue weighted by atomic mass is 10.1. The van der Waals surface area contributed by atoms with E-state index in [9.17, 15) is 0 Å². The monoisotopic (exact) mass is 312 g/mol. The Bertz CT molecular complexity index is 768. The highest BCUT2D eigenvalue weighted by Gasteiger charge is 2.30. The molecule has 0 radical (unpaired) electrons. The Balaban J connectivity index is 1.76. The van der Waals surface area contributed by atoms with Gasteiger partial charge >= 0.3 is 0 Å².